The smallest absolute Gasteiger partial charge is 0.161 e. The van der Waals surface area contributed by atoms with Gasteiger partial charge < -0.3 is 9.47 Å². The van der Waals surface area contributed by atoms with Crippen molar-refractivity contribution < 1.29 is 9.47 Å². The predicted octanol–water partition coefficient (Wildman–Crippen LogP) is 4.73. The second-order valence-electron chi connectivity index (χ2n) is 5.57. The van der Waals surface area contributed by atoms with Crippen LogP contribution in [0.25, 0.3) is 0 Å². The molecule has 0 saturated heterocycles. The second kappa shape index (κ2) is 5.54. The molecule has 21 heavy (non-hydrogen) atoms. The zero-order valence-electron chi connectivity index (χ0n) is 11.7. The van der Waals surface area contributed by atoms with Crippen molar-refractivity contribution in [3.05, 3.63) is 45.1 Å². The van der Waals surface area contributed by atoms with Crippen LogP contribution in [-0.4, -0.2) is 13.2 Å². The van der Waals surface area contributed by atoms with Crippen molar-refractivity contribution in [3.63, 3.8) is 0 Å². The Bertz CT molecular complexity index is 643. The third-order valence-electron chi connectivity index (χ3n) is 4.08. The summed E-state index contributed by atoms with van der Waals surface area (Å²) < 4.78 is 11.4. The Hall–Kier alpha value is -1.19. The highest BCUT2D eigenvalue weighted by molar-refractivity contribution is 7.12. The maximum Gasteiger partial charge on any atom is 0.161 e. The molecule has 2 heterocycles. The van der Waals surface area contributed by atoms with Crippen LogP contribution < -0.4 is 9.47 Å². The number of alkyl halides is 1. The lowest BCUT2D eigenvalue weighted by Crippen LogP contribution is -1.97. The van der Waals surface area contributed by atoms with Gasteiger partial charge in [-0.15, -0.1) is 22.9 Å². The predicted molar refractivity (Wildman–Crippen MR) is 86.1 cm³/mol. The molecule has 0 spiro atoms. The molecular weight excluding hydrogens is 304 g/mol. The topological polar surface area (TPSA) is 18.5 Å². The summed E-state index contributed by atoms with van der Waals surface area (Å²) in [6, 6.07) is 8.35. The maximum atomic E-state index is 6.70. The molecule has 4 heteroatoms. The number of fused-ring (bicyclic) bond motifs is 2. The molecule has 0 fully saturated rings. The van der Waals surface area contributed by atoms with Crippen LogP contribution >= 0.6 is 22.9 Å². The van der Waals surface area contributed by atoms with Gasteiger partial charge in [0, 0.05) is 16.2 Å². The van der Waals surface area contributed by atoms with Crippen molar-refractivity contribution in [2.75, 3.05) is 13.2 Å². The fourth-order valence-electron chi connectivity index (χ4n) is 2.98. The molecule has 1 aliphatic heterocycles. The highest BCUT2D eigenvalue weighted by Crippen LogP contribution is 2.41. The van der Waals surface area contributed by atoms with Gasteiger partial charge in [0.2, 0.25) is 0 Å². The largest absolute Gasteiger partial charge is 0.490 e. The summed E-state index contributed by atoms with van der Waals surface area (Å²) in [4.78, 5) is 2.76. The summed E-state index contributed by atoms with van der Waals surface area (Å²) in [5.41, 5.74) is 2.58. The standard InChI is InChI=1S/C17H17ClO2S/c18-17(16-10-11-3-1-4-15(11)21-16)12-5-6-13-14(9-12)20-8-2-7-19-13/h5-6,9-10,17H,1-4,7-8H2. The Kier molecular flexibility index (Phi) is 3.56. The number of hydrogen-bond donors (Lipinski definition) is 0. The molecule has 0 bridgehead atoms. The monoisotopic (exact) mass is 320 g/mol. The first-order valence-corrected chi connectivity index (χ1v) is 8.71. The molecule has 0 radical (unpaired) electrons. The lowest BCUT2D eigenvalue weighted by molar-refractivity contribution is 0.297. The third kappa shape index (κ3) is 2.53. The molecule has 2 nitrogen and oxygen atoms in total. The molecule has 1 unspecified atom stereocenters. The number of thiophene rings is 1. The molecule has 110 valence electrons. The lowest BCUT2D eigenvalue weighted by Gasteiger charge is -2.12. The van der Waals surface area contributed by atoms with Crippen molar-refractivity contribution in [1.82, 2.24) is 0 Å². The number of rotatable bonds is 2. The van der Waals surface area contributed by atoms with Crippen LogP contribution in [0.1, 0.15) is 39.1 Å². The zero-order chi connectivity index (χ0) is 14.2. The molecule has 2 aliphatic rings. The summed E-state index contributed by atoms with van der Waals surface area (Å²) >= 11 is 8.56. The number of ether oxygens (including phenoxy) is 2. The van der Waals surface area contributed by atoms with E-state index in [0.717, 1.165) is 23.5 Å². The number of halogens is 1. The SMILES string of the molecule is ClC(c1ccc2c(c1)OCCCO2)c1cc2c(s1)CCC2. The van der Waals surface area contributed by atoms with E-state index in [-0.39, 0.29) is 5.38 Å². The molecule has 0 amide bonds. The van der Waals surface area contributed by atoms with Crippen LogP contribution in [0.5, 0.6) is 11.5 Å². The van der Waals surface area contributed by atoms with Gasteiger partial charge in [-0.1, -0.05) is 6.07 Å². The number of hydrogen-bond acceptors (Lipinski definition) is 3. The fourth-order valence-corrected chi connectivity index (χ4v) is 4.57. The molecular formula is C17H17ClO2S. The van der Waals surface area contributed by atoms with Crippen LogP contribution in [0.3, 0.4) is 0 Å². The minimum Gasteiger partial charge on any atom is -0.490 e. The van der Waals surface area contributed by atoms with Crippen molar-refractivity contribution in [1.29, 1.82) is 0 Å². The summed E-state index contributed by atoms with van der Waals surface area (Å²) in [6.45, 7) is 1.42. The van der Waals surface area contributed by atoms with Gasteiger partial charge in [-0.25, -0.2) is 0 Å². The van der Waals surface area contributed by atoms with Crippen molar-refractivity contribution in [2.24, 2.45) is 0 Å². The van der Waals surface area contributed by atoms with Gasteiger partial charge in [0.05, 0.1) is 18.6 Å². The van der Waals surface area contributed by atoms with E-state index in [1.165, 1.54) is 34.6 Å². The van der Waals surface area contributed by atoms with Crippen molar-refractivity contribution in [2.45, 2.75) is 31.1 Å². The Morgan fingerprint density at radius 3 is 2.71 bits per heavy atom. The normalized spacial score (nSPS) is 18.1. The Morgan fingerprint density at radius 2 is 1.86 bits per heavy atom. The Balaban J connectivity index is 1.64. The molecule has 0 N–H and O–H groups in total. The van der Waals surface area contributed by atoms with Gasteiger partial charge in [0.1, 0.15) is 0 Å². The first kappa shape index (κ1) is 13.5. The molecule has 1 atom stereocenters. The summed E-state index contributed by atoms with van der Waals surface area (Å²) in [5.74, 6) is 1.65. The quantitative estimate of drug-likeness (QED) is 0.745. The summed E-state index contributed by atoms with van der Waals surface area (Å²) in [7, 11) is 0. The Labute approximate surface area is 133 Å². The molecule has 1 aromatic heterocycles. The van der Waals surface area contributed by atoms with Gasteiger partial charge in [-0.05, 0) is 48.6 Å². The van der Waals surface area contributed by atoms with E-state index in [1.807, 2.05) is 23.5 Å². The van der Waals surface area contributed by atoms with Crippen LogP contribution in [0.4, 0.5) is 0 Å². The number of benzene rings is 1. The fraction of sp³-hybridized carbons (Fsp3) is 0.412. The van der Waals surface area contributed by atoms with Gasteiger partial charge in [-0.2, -0.15) is 0 Å². The van der Waals surface area contributed by atoms with Gasteiger partial charge in [0.25, 0.3) is 0 Å². The number of aryl methyl sites for hydroxylation is 2. The molecule has 0 saturated carbocycles. The molecule has 1 aliphatic carbocycles. The van der Waals surface area contributed by atoms with Crippen molar-refractivity contribution in [3.8, 4) is 11.5 Å². The minimum atomic E-state index is -0.0993. The van der Waals surface area contributed by atoms with E-state index in [0.29, 0.717) is 13.2 Å². The molecule has 1 aromatic carbocycles. The van der Waals surface area contributed by atoms with E-state index in [4.69, 9.17) is 21.1 Å². The van der Waals surface area contributed by atoms with E-state index < -0.39 is 0 Å². The highest BCUT2D eigenvalue weighted by Gasteiger charge is 2.21. The first-order valence-electron chi connectivity index (χ1n) is 7.46. The first-order chi connectivity index (χ1) is 10.3. The van der Waals surface area contributed by atoms with Crippen LogP contribution in [0, 0.1) is 0 Å². The van der Waals surface area contributed by atoms with Crippen LogP contribution in [0.2, 0.25) is 0 Å². The van der Waals surface area contributed by atoms with Gasteiger partial charge in [0.15, 0.2) is 11.5 Å². The molecule has 4 rings (SSSR count). The zero-order valence-corrected chi connectivity index (χ0v) is 13.3. The van der Waals surface area contributed by atoms with E-state index >= 15 is 0 Å². The van der Waals surface area contributed by atoms with Crippen LogP contribution in [0.15, 0.2) is 24.3 Å². The van der Waals surface area contributed by atoms with Gasteiger partial charge >= 0.3 is 0 Å². The van der Waals surface area contributed by atoms with Gasteiger partial charge in [-0.3, -0.25) is 0 Å². The average molecular weight is 321 g/mol. The third-order valence-corrected chi connectivity index (χ3v) is 6.00. The summed E-state index contributed by atoms with van der Waals surface area (Å²) in [6.07, 6.45) is 4.63. The lowest BCUT2D eigenvalue weighted by atomic mass is 10.1. The van der Waals surface area contributed by atoms with E-state index in [9.17, 15) is 0 Å². The highest BCUT2D eigenvalue weighted by atomic mass is 35.5. The Morgan fingerprint density at radius 1 is 1.00 bits per heavy atom. The minimum absolute atomic E-state index is 0.0993. The molecule has 2 aromatic rings. The van der Waals surface area contributed by atoms with E-state index in [2.05, 4.69) is 12.1 Å². The van der Waals surface area contributed by atoms with Crippen LogP contribution in [-0.2, 0) is 12.8 Å². The summed E-state index contributed by atoms with van der Waals surface area (Å²) in [5, 5.41) is -0.0993. The second-order valence-corrected chi connectivity index (χ2v) is 7.17. The van der Waals surface area contributed by atoms with Crippen molar-refractivity contribution >= 4 is 22.9 Å². The maximum absolute atomic E-state index is 6.70. The average Bonchev–Trinajstić information content (AvgIpc) is 3.00. The van der Waals surface area contributed by atoms with E-state index in [1.54, 1.807) is 0 Å².